The Kier molecular flexibility index (Phi) is 7.20. The normalized spacial score (nSPS) is 17.3. The smallest absolute Gasteiger partial charge is 0.244 e. The number of aryl methyl sites for hydroxylation is 2. The summed E-state index contributed by atoms with van der Waals surface area (Å²) in [5, 5.41) is 6.97. The summed E-state index contributed by atoms with van der Waals surface area (Å²) in [6, 6.07) is 9.60. The number of carbonyl (C=O) groups is 1. The minimum Gasteiger partial charge on any atom is -0.352 e. The molecule has 0 bridgehead atoms. The molecule has 1 unspecified atom stereocenters. The van der Waals surface area contributed by atoms with Gasteiger partial charge in [0.25, 0.3) is 0 Å². The summed E-state index contributed by atoms with van der Waals surface area (Å²) in [7, 11) is -3.75. The van der Waals surface area contributed by atoms with Crippen LogP contribution in [-0.4, -0.2) is 41.9 Å². The third-order valence-electron chi connectivity index (χ3n) is 5.99. The fourth-order valence-corrected chi connectivity index (χ4v) is 6.96. The van der Waals surface area contributed by atoms with Crippen molar-refractivity contribution in [1.82, 2.24) is 19.8 Å². The first-order valence-electron chi connectivity index (χ1n) is 11.4. The van der Waals surface area contributed by atoms with Crippen molar-refractivity contribution in [2.45, 2.75) is 57.9 Å². The maximum absolute atomic E-state index is 13.5. The fourth-order valence-electron chi connectivity index (χ4n) is 3.95. The van der Waals surface area contributed by atoms with Crippen LogP contribution in [0.5, 0.6) is 0 Å². The van der Waals surface area contributed by atoms with Crippen molar-refractivity contribution >= 4 is 27.3 Å². The standard InChI is InChI=1S/C24H30N4O4S2/c1-15(2)24-26-22(27-32-24)20-12-21(17(4)33-20)34(30,31)28-11-5-6-19(14-28)23(29)25-13-18-9-7-16(3)8-10-18/h7-10,12,15,19H,5-6,11,13-14H2,1-4H3,(H,25,29). The zero-order valence-corrected chi connectivity index (χ0v) is 21.5. The van der Waals surface area contributed by atoms with Crippen LogP contribution in [0.4, 0.5) is 0 Å². The molecule has 1 aromatic carbocycles. The molecule has 8 nitrogen and oxygen atoms in total. The summed E-state index contributed by atoms with van der Waals surface area (Å²) in [4.78, 5) is 18.7. The molecule has 1 amide bonds. The van der Waals surface area contributed by atoms with E-state index in [0.717, 1.165) is 11.1 Å². The zero-order chi connectivity index (χ0) is 24.5. The minimum absolute atomic E-state index is 0.0907. The van der Waals surface area contributed by atoms with Gasteiger partial charge in [-0.1, -0.05) is 48.8 Å². The molecule has 1 aliphatic rings. The first-order chi connectivity index (χ1) is 16.1. The monoisotopic (exact) mass is 502 g/mol. The van der Waals surface area contributed by atoms with E-state index in [4.69, 9.17) is 4.52 Å². The van der Waals surface area contributed by atoms with Gasteiger partial charge in [-0.15, -0.1) is 11.3 Å². The predicted molar refractivity (Wildman–Crippen MR) is 131 cm³/mol. The summed E-state index contributed by atoms with van der Waals surface area (Å²) in [6.07, 6.45) is 1.31. The first kappa shape index (κ1) is 24.6. The molecule has 1 fully saturated rings. The lowest BCUT2D eigenvalue weighted by Gasteiger charge is -2.31. The second kappa shape index (κ2) is 9.97. The fraction of sp³-hybridized carbons (Fsp3) is 0.458. The van der Waals surface area contributed by atoms with E-state index in [-0.39, 0.29) is 29.2 Å². The molecule has 1 N–H and O–H groups in total. The number of carbonyl (C=O) groups excluding carboxylic acids is 1. The number of rotatable bonds is 7. The van der Waals surface area contributed by atoms with Gasteiger partial charge in [-0.25, -0.2) is 8.42 Å². The van der Waals surface area contributed by atoms with Gasteiger partial charge in [0.2, 0.25) is 27.6 Å². The summed E-state index contributed by atoms with van der Waals surface area (Å²) in [5.74, 6) is 0.508. The van der Waals surface area contributed by atoms with Gasteiger partial charge in [0.1, 0.15) is 0 Å². The third-order valence-corrected chi connectivity index (χ3v) is 9.16. The van der Waals surface area contributed by atoms with Crippen LogP contribution in [-0.2, 0) is 21.4 Å². The van der Waals surface area contributed by atoms with Crippen molar-refractivity contribution in [3.63, 3.8) is 0 Å². The van der Waals surface area contributed by atoms with Gasteiger partial charge < -0.3 is 9.84 Å². The average Bonchev–Trinajstić information content (AvgIpc) is 3.46. The number of amides is 1. The molecule has 0 spiro atoms. The van der Waals surface area contributed by atoms with Gasteiger partial charge in [0.15, 0.2) is 0 Å². The van der Waals surface area contributed by atoms with Crippen LogP contribution in [0.15, 0.2) is 39.8 Å². The number of hydrogen-bond acceptors (Lipinski definition) is 7. The van der Waals surface area contributed by atoms with Crippen molar-refractivity contribution in [2.75, 3.05) is 13.1 Å². The second-order valence-corrected chi connectivity index (χ2v) is 12.2. The zero-order valence-electron chi connectivity index (χ0n) is 19.9. The molecule has 1 atom stereocenters. The Morgan fingerprint density at radius 2 is 2.00 bits per heavy atom. The Bertz CT molecular complexity index is 1260. The van der Waals surface area contributed by atoms with E-state index in [0.29, 0.717) is 47.4 Å². The largest absolute Gasteiger partial charge is 0.352 e. The highest BCUT2D eigenvalue weighted by Gasteiger charge is 2.35. The van der Waals surface area contributed by atoms with E-state index in [2.05, 4.69) is 15.5 Å². The van der Waals surface area contributed by atoms with Crippen molar-refractivity contribution in [3.05, 3.63) is 52.2 Å². The Morgan fingerprint density at radius 3 is 2.68 bits per heavy atom. The lowest BCUT2D eigenvalue weighted by Crippen LogP contribution is -2.45. The van der Waals surface area contributed by atoms with Crippen LogP contribution in [0.1, 0.15) is 54.5 Å². The van der Waals surface area contributed by atoms with Crippen molar-refractivity contribution in [2.24, 2.45) is 5.92 Å². The predicted octanol–water partition coefficient (Wildman–Crippen LogP) is 4.26. The number of benzene rings is 1. The molecule has 3 heterocycles. The lowest BCUT2D eigenvalue weighted by molar-refractivity contribution is -0.126. The maximum atomic E-state index is 13.5. The molecule has 34 heavy (non-hydrogen) atoms. The molecule has 0 saturated carbocycles. The summed E-state index contributed by atoms with van der Waals surface area (Å²) >= 11 is 1.33. The Morgan fingerprint density at radius 1 is 1.26 bits per heavy atom. The molecule has 3 aromatic rings. The van der Waals surface area contributed by atoms with E-state index in [9.17, 15) is 13.2 Å². The highest BCUT2D eigenvalue weighted by molar-refractivity contribution is 7.89. The van der Waals surface area contributed by atoms with E-state index < -0.39 is 10.0 Å². The highest BCUT2D eigenvalue weighted by atomic mass is 32.2. The van der Waals surface area contributed by atoms with Crippen molar-refractivity contribution in [1.29, 1.82) is 0 Å². The third kappa shape index (κ3) is 5.24. The van der Waals surface area contributed by atoms with Crippen molar-refractivity contribution < 1.29 is 17.7 Å². The van der Waals surface area contributed by atoms with Crippen LogP contribution < -0.4 is 5.32 Å². The molecule has 1 aliphatic heterocycles. The minimum atomic E-state index is -3.75. The molecule has 182 valence electrons. The quantitative estimate of drug-likeness (QED) is 0.518. The van der Waals surface area contributed by atoms with Crippen LogP contribution in [0, 0.1) is 19.8 Å². The number of sulfonamides is 1. The number of hydrogen-bond donors (Lipinski definition) is 1. The van der Waals surface area contributed by atoms with E-state index in [1.165, 1.54) is 15.6 Å². The van der Waals surface area contributed by atoms with Crippen LogP contribution in [0.3, 0.4) is 0 Å². The molecule has 1 saturated heterocycles. The number of thiophene rings is 1. The molecule has 2 aromatic heterocycles. The summed E-state index contributed by atoms with van der Waals surface area (Å²) in [5.41, 5.74) is 2.18. The summed E-state index contributed by atoms with van der Waals surface area (Å²) in [6.45, 7) is 8.70. The van der Waals surface area contributed by atoms with Crippen molar-refractivity contribution in [3.8, 4) is 10.7 Å². The van der Waals surface area contributed by atoms with Crippen LogP contribution in [0.25, 0.3) is 10.7 Å². The van der Waals surface area contributed by atoms with Crippen LogP contribution >= 0.6 is 11.3 Å². The van der Waals surface area contributed by atoms with Crippen LogP contribution in [0.2, 0.25) is 0 Å². The summed E-state index contributed by atoms with van der Waals surface area (Å²) < 4.78 is 33.7. The number of aromatic nitrogens is 2. The average molecular weight is 503 g/mol. The van der Waals surface area contributed by atoms with E-state index >= 15 is 0 Å². The van der Waals surface area contributed by atoms with Gasteiger partial charge >= 0.3 is 0 Å². The SMILES string of the molecule is Cc1ccc(CNC(=O)C2CCCN(S(=O)(=O)c3cc(-c4noc(C(C)C)n4)sc3C)C2)cc1. The Hall–Kier alpha value is -2.56. The molecule has 10 heteroatoms. The maximum Gasteiger partial charge on any atom is 0.244 e. The van der Waals surface area contributed by atoms with Gasteiger partial charge in [-0.3, -0.25) is 4.79 Å². The first-order valence-corrected chi connectivity index (χ1v) is 13.7. The number of nitrogens with zero attached hydrogens (tertiary/aromatic N) is 3. The van der Waals surface area contributed by atoms with E-state index in [1.807, 2.05) is 45.0 Å². The lowest BCUT2D eigenvalue weighted by atomic mass is 9.98. The van der Waals surface area contributed by atoms with E-state index in [1.54, 1.807) is 13.0 Å². The Labute approximate surface area is 204 Å². The second-order valence-electron chi connectivity index (χ2n) is 9.05. The van der Waals surface area contributed by atoms with Gasteiger partial charge in [-0.2, -0.15) is 9.29 Å². The Balaban J connectivity index is 1.46. The highest BCUT2D eigenvalue weighted by Crippen LogP contribution is 2.35. The molecule has 0 aliphatic carbocycles. The van der Waals surface area contributed by atoms with Gasteiger partial charge in [0.05, 0.1) is 15.7 Å². The molecule has 4 rings (SSSR count). The molecular weight excluding hydrogens is 472 g/mol. The number of nitrogens with one attached hydrogen (secondary N) is 1. The molecule has 0 radical (unpaired) electrons. The topological polar surface area (TPSA) is 105 Å². The van der Waals surface area contributed by atoms with Gasteiger partial charge in [0, 0.05) is 30.4 Å². The molecular formula is C24H30N4O4S2. The van der Waals surface area contributed by atoms with Gasteiger partial charge in [-0.05, 0) is 38.3 Å². The number of piperidine rings is 1.